The molecular weight excluding hydrogens is 488 g/mol. The van der Waals surface area contributed by atoms with Gasteiger partial charge in [0.2, 0.25) is 5.91 Å². The molecule has 2 aromatic carbocycles. The van der Waals surface area contributed by atoms with E-state index in [2.05, 4.69) is 26.1 Å². The normalized spacial score (nSPS) is 16.7. The van der Waals surface area contributed by atoms with Crippen molar-refractivity contribution in [2.75, 3.05) is 25.6 Å². The number of carbonyl (C=O) groups excluding carboxylic acids is 2. The van der Waals surface area contributed by atoms with Crippen molar-refractivity contribution in [2.24, 2.45) is 0 Å². The van der Waals surface area contributed by atoms with Crippen molar-refractivity contribution in [1.29, 1.82) is 0 Å². The third-order valence-electron chi connectivity index (χ3n) is 5.96. The van der Waals surface area contributed by atoms with Gasteiger partial charge in [-0.25, -0.2) is 13.9 Å². The number of hydrogen-bond acceptors (Lipinski definition) is 7. The highest BCUT2D eigenvalue weighted by Crippen LogP contribution is 2.27. The Kier molecular flexibility index (Phi) is 7.77. The first-order valence-corrected chi connectivity index (χ1v) is 11.4. The summed E-state index contributed by atoms with van der Waals surface area (Å²) in [6.45, 7) is -0.716. The van der Waals surface area contributed by atoms with Gasteiger partial charge in [-0.2, -0.15) is 5.10 Å². The molecule has 4 rings (SSSR count). The molecule has 12 heteroatoms. The summed E-state index contributed by atoms with van der Waals surface area (Å²) in [7, 11) is 1.48. The SMILES string of the molecule is COc1ccc(Nc2ccc(CNC(=O)[C@]3(NC(=O)c4cn[nH]c(=O)c4)CCOC3)c(F)c2)c(CF)c1. The minimum atomic E-state index is -1.38. The van der Waals surface area contributed by atoms with E-state index in [0.29, 0.717) is 22.7 Å². The van der Waals surface area contributed by atoms with Gasteiger partial charge in [0.15, 0.2) is 0 Å². The van der Waals surface area contributed by atoms with Gasteiger partial charge in [-0.3, -0.25) is 14.4 Å². The third-order valence-corrected chi connectivity index (χ3v) is 5.96. The average Bonchev–Trinajstić information content (AvgIpc) is 3.38. The zero-order chi connectivity index (χ0) is 26.4. The van der Waals surface area contributed by atoms with E-state index < -0.39 is 35.4 Å². The van der Waals surface area contributed by atoms with E-state index in [-0.39, 0.29) is 37.3 Å². The molecule has 0 saturated carbocycles. The lowest BCUT2D eigenvalue weighted by molar-refractivity contribution is -0.127. The molecule has 3 aromatic rings. The number of ether oxygens (including phenoxy) is 2. The van der Waals surface area contributed by atoms with Gasteiger partial charge in [-0.1, -0.05) is 6.07 Å². The second-order valence-electron chi connectivity index (χ2n) is 8.44. The maximum absolute atomic E-state index is 14.8. The fourth-order valence-corrected chi connectivity index (χ4v) is 3.89. The van der Waals surface area contributed by atoms with Crippen LogP contribution in [-0.2, 0) is 22.8 Å². The number of methoxy groups -OCH3 is 1. The van der Waals surface area contributed by atoms with Crippen molar-refractivity contribution >= 4 is 23.2 Å². The molecule has 0 spiro atoms. The van der Waals surface area contributed by atoms with Gasteiger partial charge in [0, 0.05) is 48.1 Å². The second-order valence-corrected chi connectivity index (χ2v) is 8.44. The number of halogens is 2. The van der Waals surface area contributed by atoms with Gasteiger partial charge in [0.25, 0.3) is 11.5 Å². The molecular formula is C25H25F2N5O5. The van der Waals surface area contributed by atoms with Crippen molar-refractivity contribution in [2.45, 2.75) is 25.2 Å². The van der Waals surface area contributed by atoms with Gasteiger partial charge < -0.3 is 25.4 Å². The summed E-state index contributed by atoms with van der Waals surface area (Å²) >= 11 is 0. The Hall–Kier alpha value is -4.32. The van der Waals surface area contributed by atoms with E-state index in [0.717, 1.165) is 6.07 Å². The number of aromatic amines is 1. The molecule has 1 aliphatic heterocycles. The number of H-pyrrole nitrogens is 1. The molecule has 2 amide bonds. The molecule has 0 aliphatic carbocycles. The monoisotopic (exact) mass is 513 g/mol. The number of aromatic nitrogens is 2. The number of nitrogens with one attached hydrogen (secondary N) is 4. The maximum atomic E-state index is 14.8. The van der Waals surface area contributed by atoms with Gasteiger partial charge in [0.1, 0.15) is 23.8 Å². The van der Waals surface area contributed by atoms with Crippen LogP contribution < -0.4 is 26.2 Å². The van der Waals surface area contributed by atoms with E-state index in [1.165, 1.54) is 25.4 Å². The molecule has 2 heterocycles. The van der Waals surface area contributed by atoms with Crippen LogP contribution in [0.4, 0.5) is 20.2 Å². The van der Waals surface area contributed by atoms with Crippen molar-refractivity contribution in [3.05, 3.63) is 81.5 Å². The van der Waals surface area contributed by atoms with E-state index in [1.54, 1.807) is 24.3 Å². The first-order chi connectivity index (χ1) is 17.8. The van der Waals surface area contributed by atoms with Crippen molar-refractivity contribution in [1.82, 2.24) is 20.8 Å². The number of hydrogen-bond donors (Lipinski definition) is 4. The largest absolute Gasteiger partial charge is 0.497 e. The van der Waals surface area contributed by atoms with E-state index in [9.17, 15) is 23.2 Å². The number of anilines is 2. The van der Waals surface area contributed by atoms with Crippen molar-refractivity contribution in [3.63, 3.8) is 0 Å². The highest BCUT2D eigenvalue weighted by Gasteiger charge is 2.43. The average molecular weight is 514 g/mol. The molecule has 1 aliphatic rings. The smallest absolute Gasteiger partial charge is 0.264 e. The zero-order valence-corrected chi connectivity index (χ0v) is 19.9. The van der Waals surface area contributed by atoms with Crippen LogP contribution in [0, 0.1) is 5.82 Å². The van der Waals surface area contributed by atoms with Crippen LogP contribution in [0.3, 0.4) is 0 Å². The highest BCUT2D eigenvalue weighted by molar-refractivity contribution is 5.99. The Labute approximate surface area is 210 Å². The second kappa shape index (κ2) is 11.2. The number of nitrogens with zero attached hydrogens (tertiary/aromatic N) is 1. The highest BCUT2D eigenvalue weighted by atomic mass is 19.1. The molecule has 0 unspecified atom stereocenters. The molecule has 1 aromatic heterocycles. The van der Waals surface area contributed by atoms with Gasteiger partial charge in [0.05, 0.1) is 25.5 Å². The fourth-order valence-electron chi connectivity index (χ4n) is 3.89. The Morgan fingerprint density at radius 3 is 2.70 bits per heavy atom. The summed E-state index contributed by atoms with van der Waals surface area (Å²) in [5.41, 5.74) is -0.518. The van der Waals surface area contributed by atoms with Gasteiger partial charge >= 0.3 is 0 Å². The van der Waals surface area contributed by atoms with Gasteiger partial charge in [-0.15, -0.1) is 0 Å². The maximum Gasteiger partial charge on any atom is 0.264 e. The molecule has 0 bridgehead atoms. The van der Waals surface area contributed by atoms with E-state index in [4.69, 9.17) is 9.47 Å². The zero-order valence-electron chi connectivity index (χ0n) is 19.9. The van der Waals surface area contributed by atoms with Crippen LogP contribution in [0.25, 0.3) is 0 Å². The predicted octanol–water partition coefficient (Wildman–Crippen LogP) is 2.34. The predicted molar refractivity (Wildman–Crippen MR) is 130 cm³/mol. The molecule has 0 radical (unpaired) electrons. The van der Waals surface area contributed by atoms with Crippen molar-refractivity contribution < 1.29 is 27.8 Å². The lowest BCUT2D eigenvalue weighted by Crippen LogP contribution is -2.59. The van der Waals surface area contributed by atoms with Crippen molar-refractivity contribution in [3.8, 4) is 5.75 Å². The Bertz CT molecular complexity index is 1360. The van der Waals surface area contributed by atoms with Gasteiger partial charge in [-0.05, 0) is 30.3 Å². The standard InChI is InChI=1S/C25H25F2N5O5/c1-36-19-4-5-21(16(8-19)11-26)30-18-3-2-15(20(27)10-18)12-28-24(35)25(6-7-37-14-25)31-23(34)17-9-22(33)32-29-13-17/h2-5,8-10,13,30H,6-7,11-12,14H2,1H3,(H,28,35)(H,31,34)(H,32,33)/t25-/m0/s1. The van der Waals surface area contributed by atoms with Crippen LogP contribution in [0.5, 0.6) is 5.75 Å². The molecule has 1 fully saturated rings. The number of carbonyl (C=O) groups is 2. The van der Waals surface area contributed by atoms with E-state index >= 15 is 0 Å². The summed E-state index contributed by atoms with van der Waals surface area (Å²) < 4.78 is 38.7. The number of rotatable bonds is 9. The fraction of sp³-hybridized carbons (Fsp3) is 0.280. The molecule has 10 nitrogen and oxygen atoms in total. The summed E-state index contributed by atoms with van der Waals surface area (Å²) in [6, 6.07) is 10.3. The summed E-state index contributed by atoms with van der Waals surface area (Å²) in [5.74, 6) is -1.29. The first kappa shape index (κ1) is 25.8. The molecule has 1 saturated heterocycles. The molecule has 194 valence electrons. The number of amides is 2. The quantitative estimate of drug-likeness (QED) is 0.345. The molecule has 37 heavy (non-hydrogen) atoms. The Balaban J connectivity index is 1.42. The number of alkyl halides is 1. The van der Waals surface area contributed by atoms with Crippen LogP contribution >= 0.6 is 0 Å². The van der Waals surface area contributed by atoms with Crippen LogP contribution in [-0.4, -0.2) is 47.9 Å². The molecule has 4 N–H and O–H groups in total. The lowest BCUT2D eigenvalue weighted by Gasteiger charge is -2.27. The van der Waals surface area contributed by atoms with Crippen LogP contribution in [0.2, 0.25) is 0 Å². The topological polar surface area (TPSA) is 134 Å². The van der Waals surface area contributed by atoms with E-state index in [1.807, 2.05) is 0 Å². The Morgan fingerprint density at radius 1 is 1.19 bits per heavy atom. The Morgan fingerprint density at radius 2 is 2.03 bits per heavy atom. The summed E-state index contributed by atoms with van der Waals surface area (Å²) in [4.78, 5) is 37.1. The lowest BCUT2D eigenvalue weighted by atomic mass is 9.96. The minimum Gasteiger partial charge on any atom is -0.497 e. The molecule has 1 atom stereocenters. The van der Waals surface area contributed by atoms with Crippen LogP contribution in [0.15, 0.2) is 53.5 Å². The van der Waals surface area contributed by atoms with Crippen LogP contribution in [0.1, 0.15) is 27.9 Å². The summed E-state index contributed by atoms with van der Waals surface area (Å²) in [6.07, 6.45) is 1.37. The third kappa shape index (κ3) is 5.92. The number of benzene rings is 2. The first-order valence-electron chi connectivity index (χ1n) is 11.4. The summed E-state index contributed by atoms with van der Waals surface area (Å²) in [5, 5.41) is 14.0. The minimum absolute atomic E-state index is 0.00950.